The summed E-state index contributed by atoms with van der Waals surface area (Å²) in [5, 5.41) is 6.47. The van der Waals surface area contributed by atoms with Crippen molar-refractivity contribution in [2.75, 3.05) is 26.2 Å². The summed E-state index contributed by atoms with van der Waals surface area (Å²) in [6.07, 6.45) is -1.61. The number of pyridine rings is 1. The van der Waals surface area contributed by atoms with Crippen LogP contribution in [-0.4, -0.2) is 60.2 Å². The predicted octanol–water partition coefficient (Wildman–Crippen LogP) is 2.71. The fourth-order valence-corrected chi connectivity index (χ4v) is 2.76. The van der Waals surface area contributed by atoms with E-state index in [0.29, 0.717) is 32.0 Å². The van der Waals surface area contributed by atoms with Crippen LogP contribution in [0.1, 0.15) is 32.3 Å². The van der Waals surface area contributed by atoms with E-state index in [9.17, 15) is 18.0 Å². The number of nitrogens with one attached hydrogen (secondary N) is 2. The number of nitrogens with zero attached hydrogens (tertiary/aromatic N) is 3. The van der Waals surface area contributed by atoms with E-state index in [1.54, 1.807) is 6.07 Å². The third-order valence-electron chi connectivity index (χ3n) is 4.13. The summed E-state index contributed by atoms with van der Waals surface area (Å²) < 4.78 is 41.0. The van der Waals surface area contributed by atoms with Crippen molar-refractivity contribution in [3.05, 3.63) is 23.9 Å². The molecule has 1 amide bonds. The standard InChI is InChI=1S/C18H26F3N5O2.HI/c1-3-16(27)26-8-7-14(11-26)25-17(22-4-2)24-10-13-5-6-15(23-9-13)28-12-18(19,20)21;/h5-6,9,14H,3-4,7-8,10-12H2,1-2H3,(H2,22,24,25);1H. The number of rotatable bonds is 7. The zero-order valence-electron chi connectivity index (χ0n) is 16.5. The fraction of sp³-hybridized carbons (Fsp3) is 0.611. The lowest BCUT2D eigenvalue weighted by atomic mass is 10.2. The Bertz CT molecular complexity index is 670. The minimum atomic E-state index is -4.39. The zero-order chi connectivity index (χ0) is 20.6. The molecule has 2 heterocycles. The van der Waals surface area contributed by atoms with Gasteiger partial charge in [-0.2, -0.15) is 13.2 Å². The van der Waals surface area contributed by atoms with Gasteiger partial charge in [0.1, 0.15) is 0 Å². The van der Waals surface area contributed by atoms with Gasteiger partial charge < -0.3 is 20.3 Å². The Hall–Kier alpha value is -1.79. The molecule has 0 spiro atoms. The van der Waals surface area contributed by atoms with E-state index in [0.717, 1.165) is 18.5 Å². The molecule has 1 aromatic heterocycles. The van der Waals surface area contributed by atoms with E-state index in [1.165, 1.54) is 12.3 Å². The van der Waals surface area contributed by atoms with E-state index in [-0.39, 0.29) is 41.8 Å². The number of guanidine groups is 1. The molecule has 1 aromatic rings. The number of alkyl halides is 3. The van der Waals surface area contributed by atoms with Gasteiger partial charge in [-0.3, -0.25) is 4.79 Å². The molecule has 0 bridgehead atoms. The average molecular weight is 529 g/mol. The molecule has 0 aromatic carbocycles. The molecule has 0 radical (unpaired) electrons. The zero-order valence-corrected chi connectivity index (χ0v) is 18.8. The number of aromatic nitrogens is 1. The molecule has 164 valence electrons. The third kappa shape index (κ3) is 9.05. The Morgan fingerprint density at radius 1 is 1.38 bits per heavy atom. The van der Waals surface area contributed by atoms with Crippen LogP contribution in [-0.2, 0) is 11.3 Å². The normalized spacial score (nSPS) is 16.9. The van der Waals surface area contributed by atoms with E-state index in [4.69, 9.17) is 0 Å². The highest BCUT2D eigenvalue weighted by atomic mass is 127. The third-order valence-corrected chi connectivity index (χ3v) is 4.13. The second-order valence-corrected chi connectivity index (χ2v) is 6.43. The molecule has 1 aliphatic rings. The molecular weight excluding hydrogens is 502 g/mol. The summed E-state index contributed by atoms with van der Waals surface area (Å²) in [6, 6.07) is 3.15. The van der Waals surface area contributed by atoms with Gasteiger partial charge in [-0.15, -0.1) is 24.0 Å². The Balaban J connectivity index is 0.00000420. The molecule has 11 heteroatoms. The molecule has 0 aliphatic carbocycles. The molecule has 2 N–H and O–H groups in total. The molecular formula is C18H27F3IN5O2. The van der Waals surface area contributed by atoms with Gasteiger partial charge in [0.2, 0.25) is 11.8 Å². The van der Waals surface area contributed by atoms with Gasteiger partial charge in [-0.25, -0.2) is 9.98 Å². The number of likely N-dealkylation sites (tertiary alicyclic amines) is 1. The van der Waals surface area contributed by atoms with Gasteiger partial charge >= 0.3 is 6.18 Å². The van der Waals surface area contributed by atoms with Gasteiger partial charge in [0.15, 0.2) is 12.6 Å². The smallest absolute Gasteiger partial charge is 0.422 e. The van der Waals surface area contributed by atoms with Crippen LogP contribution in [0.5, 0.6) is 5.88 Å². The summed E-state index contributed by atoms with van der Waals surface area (Å²) in [5.41, 5.74) is 0.741. The highest BCUT2D eigenvalue weighted by molar-refractivity contribution is 14.0. The first-order valence-electron chi connectivity index (χ1n) is 9.27. The van der Waals surface area contributed by atoms with Crippen molar-refractivity contribution in [1.82, 2.24) is 20.5 Å². The van der Waals surface area contributed by atoms with Crippen LogP contribution in [0.2, 0.25) is 0 Å². The second-order valence-electron chi connectivity index (χ2n) is 6.43. The van der Waals surface area contributed by atoms with Crippen molar-refractivity contribution in [3.63, 3.8) is 0 Å². The molecule has 2 rings (SSSR count). The van der Waals surface area contributed by atoms with E-state index < -0.39 is 12.8 Å². The predicted molar refractivity (Wildman–Crippen MR) is 114 cm³/mol. The van der Waals surface area contributed by atoms with Gasteiger partial charge in [-0.05, 0) is 18.9 Å². The van der Waals surface area contributed by atoms with Gasteiger partial charge in [0.05, 0.1) is 6.54 Å². The van der Waals surface area contributed by atoms with Crippen molar-refractivity contribution >= 4 is 35.8 Å². The summed E-state index contributed by atoms with van der Waals surface area (Å²) in [6.45, 7) is 4.79. The molecule has 29 heavy (non-hydrogen) atoms. The fourth-order valence-electron chi connectivity index (χ4n) is 2.76. The van der Waals surface area contributed by atoms with Gasteiger partial charge in [0, 0.05) is 44.4 Å². The lowest BCUT2D eigenvalue weighted by Crippen LogP contribution is -2.45. The number of carbonyl (C=O) groups is 1. The van der Waals surface area contributed by atoms with Crippen LogP contribution < -0.4 is 15.4 Å². The Labute approximate surface area is 185 Å². The topological polar surface area (TPSA) is 78.9 Å². The van der Waals surface area contributed by atoms with E-state index >= 15 is 0 Å². The number of ether oxygens (including phenoxy) is 1. The first kappa shape index (κ1) is 25.2. The van der Waals surface area contributed by atoms with Crippen LogP contribution in [0.4, 0.5) is 13.2 Å². The SMILES string of the molecule is CCNC(=NCc1ccc(OCC(F)(F)F)nc1)NC1CCN(C(=O)CC)C1.I. The minimum absolute atomic E-state index is 0. The highest BCUT2D eigenvalue weighted by Gasteiger charge is 2.28. The number of hydrogen-bond acceptors (Lipinski definition) is 4. The highest BCUT2D eigenvalue weighted by Crippen LogP contribution is 2.17. The number of carbonyl (C=O) groups excluding carboxylic acids is 1. The van der Waals surface area contributed by atoms with Crippen molar-refractivity contribution in [2.24, 2.45) is 4.99 Å². The van der Waals surface area contributed by atoms with Crippen molar-refractivity contribution in [3.8, 4) is 5.88 Å². The minimum Gasteiger partial charge on any atom is -0.468 e. The largest absolute Gasteiger partial charge is 0.468 e. The average Bonchev–Trinajstić information content (AvgIpc) is 3.13. The summed E-state index contributed by atoms with van der Waals surface area (Å²) in [5.74, 6) is 0.683. The maximum absolute atomic E-state index is 12.2. The second kappa shape index (κ2) is 12.0. The molecule has 1 saturated heterocycles. The van der Waals surface area contributed by atoms with Crippen molar-refractivity contribution in [1.29, 1.82) is 0 Å². The van der Waals surface area contributed by atoms with Crippen LogP contribution in [0.25, 0.3) is 0 Å². The lowest BCUT2D eigenvalue weighted by molar-refractivity contribution is -0.154. The maximum atomic E-state index is 12.2. The maximum Gasteiger partial charge on any atom is 0.422 e. The first-order valence-corrected chi connectivity index (χ1v) is 9.27. The molecule has 1 fully saturated rings. The van der Waals surface area contributed by atoms with Crippen LogP contribution in [0.15, 0.2) is 23.3 Å². The summed E-state index contributed by atoms with van der Waals surface area (Å²) >= 11 is 0. The number of amides is 1. The molecule has 1 unspecified atom stereocenters. The molecule has 7 nitrogen and oxygen atoms in total. The quantitative estimate of drug-likeness (QED) is 0.323. The number of aliphatic imine (C=N–C) groups is 1. The first-order chi connectivity index (χ1) is 13.3. The number of hydrogen-bond donors (Lipinski definition) is 2. The molecule has 1 aliphatic heterocycles. The summed E-state index contributed by atoms with van der Waals surface area (Å²) in [7, 11) is 0. The summed E-state index contributed by atoms with van der Waals surface area (Å²) in [4.78, 5) is 22.0. The number of halogens is 4. The van der Waals surface area contributed by atoms with Gasteiger partial charge in [-0.1, -0.05) is 13.0 Å². The Kier molecular flexibility index (Phi) is 10.5. The van der Waals surface area contributed by atoms with Crippen LogP contribution in [0, 0.1) is 0 Å². The van der Waals surface area contributed by atoms with Crippen LogP contribution >= 0.6 is 24.0 Å². The van der Waals surface area contributed by atoms with Crippen molar-refractivity contribution in [2.45, 2.75) is 45.5 Å². The van der Waals surface area contributed by atoms with Gasteiger partial charge in [0.25, 0.3) is 0 Å². The van der Waals surface area contributed by atoms with Crippen LogP contribution in [0.3, 0.4) is 0 Å². The van der Waals surface area contributed by atoms with E-state index in [1.807, 2.05) is 18.7 Å². The lowest BCUT2D eigenvalue weighted by Gasteiger charge is -2.18. The Morgan fingerprint density at radius 2 is 2.14 bits per heavy atom. The monoisotopic (exact) mass is 529 g/mol. The van der Waals surface area contributed by atoms with Crippen molar-refractivity contribution < 1.29 is 22.7 Å². The molecule has 0 saturated carbocycles. The van der Waals surface area contributed by atoms with E-state index in [2.05, 4.69) is 25.3 Å². The molecule has 1 atom stereocenters. The Morgan fingerprint density at radius 3 is 2.72 bits per heavy atom.